The summed E-state index contributed by atoms with van der Waals surface area (Å²) in [6.07, 6.45) is 1.13. The molecule has 0 aromatic heterocycles. The van der Waals surface area contributed by atoms with Gasteiger partial charge in [-0.25, -0.2) is 4.79 Å². The van der Waals surface area contributed by atoms with Gasteiger partial charge in [-0.1, -0.05) is 42.5 Å². The number of carbonyl (C=O) groups is 2. The third-order valence-electron chi connectivity index (χ3n) is 6.57. The number of hydrogen-bond donors (Lipinski definition) is 1. The van der Waals surface area contributed by atoms with Crippen LogP contribution in [0.4, 0.5) is 4.79 Å². The number of rotatable bonds is 6. The number of amides is 3. The van der Waals surface area contributed by atoms with E-state index in [0.717, 1.165) is 44.7 Å². The van der Waals surface area contributed by atoms with E-state index in [1.807, 2.05) is 54.0 Å². The lowest BCUT2D eigenvalue weighted by atomic mass is 10.1. The molecule has 0 bridgehead atoms. The largest absolute Gasteiger partial charge is 0.372 e. The molecule has 0 aliphatic carbocycles. The molecular weight excluding hydrogens is 428 g/mol. The predicted octanol–water partition coefficient (Wildman–Crippen LogP) is 3.01. The molecule has 2 aliphatic rings. The molecule has 3 amide bonds. The second-order valence-electron chi connectivity index (χ2n) is 9.39. The monoisotopic (exact) mass is 464 g/mol. The van der Waals surface area contributed by atoms with Crippen molar-refractivity contribution in [2.75, 3.05) is 45.8 Å². The Labute approximate surface area is 202 Å². The van der Waals surface area contributed by atoms with Gasteiger partial charge in [-0.3, -0.25) is 9.69 Å². The zero-order valence-corrected chi connectivity index (χ0v) is 20.3. The number of ether oxygens (including phenoxy) is 1. The van der Waals surface area contributed by atoms with E-state index >= 15 is 0 Å². The number of nitrogens with zero attached hydrogens (tertiary/aromatic N) is 3. The Morgan fingerprint density at radius 2 is 1.50 bits per heavy atom. The van der Waals surface area contributed by atoms with Gasteiger partial charge in [0.05, 0.1) is 12.2 Å². The number of morpholine rings is 1. The Hall–Kier alpha value is -2.90. The standard InChI is InChI=1S/C27H36N4O3/c1-21-19-31(20-22(2)34-21)26(32)25-10-8-24(9-11-25)18-28-27(33)30-16-14-29(15-17-30)13-12-23-6-4-3-5-7-23/h3-11,21-22H,12-20H2,1-2H3,(H,28,33). The van der Waals surface area contributed by atoms with Crippen LogP contribution in [0.3, 0.4) is 0 Å². The molecule has 1 N–H and O–H groups in total. The molecule has 34 heavy (non-hydrogen) atoms. The van der Waals surface area contributed by atoms with Crippen molar-refractivity contribution in [2.24, 2.45) is 0 Å². The number of urea groups is 1. The van der Waals surface area contributed by atoms with Crippen molar-refractivity contribution >= 4 is 11.9 Å². The normalized spacial score (nSPS) is 21.4. The predicted molar refractivity (Wildman–Crippen MR) is 133 cm³/mol. The van der Waals surface area contributed by atoms with Crippen LogP contribution in [0.1, 0.15) is 35.3 Å². The number of hydrogen-bond acceptors (Lipinski definition) is 4. The summed E-state index contributed by atoms with van der Waals surface area (Å²) >= 11 is 0. The van der Waals surface area contributed by atoms with Crippen LogP contribution in [0.5, 0.6) is 0 Å². The molecule has 2 aliphatic heterocycles. The molecule has 2 aromatic carbocycles. The fourth-order valence-electron chi connectivity index (χ4n) is 4.69. The molecule has 0 saturated carbocycles. The third kappa shape index (κ3) is 6.58. The first kappa shape index (κ1) is 24.2. The van der Waals surface area contributed by atoms with Crippen molar-refractivity contribution in [2.45, 2.75) is 39.0 Å². The fraction of sp³-hybridized carbons (Fsp3) is 0.481. The summed E-state index contributed by atoms with van der Waals surface area (Å²) < 4.78 is 5.72. The van der Waals surface area contributed by atoms with E-state index in [2.05, 4.69) is 34.5 Å². The number of benzene rings is 2. The molecular formula is C27H36N4O3. The molecule has 7 nitrogen and oxygen atoms in total. The summed E-state index contributed by atoms with van der Waals surface area (Å²) in [6.45, 7) is 9.96. The maximum atomic E-state index is 12.8. The minimum Gasteiger partial charge on any atom is -0.372 e. The number of piperazine rings is 1. The molecule has 2 aromatic rings. The minimum atomic E-state index is -0.0286. The maximum absolute atomic E-state index is 12.8. The summed E-state index contributed by atoms with van der Waals surface area (Å²) in [5.74, 6) is 0.0303. The van der Waals surface area contributed by atoms with Crippen LogP contribution in [0.2, 0.25) is 0 Å². The molecule has 182 valence electrons. The quantitative estimate of drug-likeness (QED) is 0.714. The van der Waals surface area contributed by atoms with Crippen LogP contribution in [0, 0.1) is 0 Å². The molecule has 0 radical (unpaired) electrons. The van der Waals surface area contributed by atoms with Crippen molar-refractivity contribution in [3.05, 3.63) is 71.3 Å². The fourth-order valence-corrected chi connectivity index (χ4v) is 4.69. The summed E-state index contributed by atoms with van der Waals surface area (Å²) in [4.78, 5) is 31.6. The summed E-state index contributed by atoms with van der Waals surface area (Å²) in [6, 6.07) is 18.0. The summed E-state index contributed by atoms with van der Waals surface area (Å²) in [5, 5.41) is 3.02. The summed E-state index contributed by atoms with van der Waals surface area (Å²) in [7, 11) is 0. The van der Waals surface area contributed by atoms with E-state index in [1.54, 1.807) is 0 Å². The SMILES string of the molecule is CC1CN(C(=O)c2ccc(CNC(=O)N3CCN(CCc4ccccc4)CC3)cc2)CC(C)O1. The molecule has 0 spiro atoms. The van der Waals surface area contributed by atoms with Crippen molar-refractivity contribution in [1.29, 1.82) is 0 Å². The second-order valence-corrected chi connectivity index (χ2v) is 9.39. The van der Waals surface area contributed by atoms with Gasteiger partial charge in [0.2, 0.25) is 0 Å². The lowest BCUT2D eigenvalue weighted by molar-refractivity contribution is -0.0586. The van der Waals surface area contributed by atoms with E-state index in [-0.39, 0.29) is 24.1 Å². The van der Waals surface area contributed by atoms with Crippen molar-refractivity contribution in [3.63, 3.8) is 0 Å². The van der Waals surface area contributed by atoms with Gasteiger partial charge in [-0.15, -0.1) is 0 Å². The summed E-state index contributed by atoms with van der Waals surface area (Å²) in [5.41, 5.74) is 3.00. The molecule has 2 heterocycles. The van der Waals surface area contributed by atoms with Crippen molar-refractivity contribution in [1.82, 2.24) is 20.0 Å². The van der Waals surface area contributed by atoms with Crippen LogP contribution >= 0.6 is 0 Å². The van der Waals surface area contributed by atoms with Gasteiger partial charge in [-0.2, -0.15) is 0 Å². The van der Waals surface area contributed by atoms with Gasteiger partial charge in [0.15, 0.2) is 0 Å². The zero-order valence-electron chi connectivity index (χ0n) is 20.3. The highest BCUT2D eigenvalue weighted by atomic mass is 16.5. The van der Waals surface area contributed by atoms with Gasteiger partial charge in [0.1, 0.15) is 0 Å². The Morgan fingerprint density at radius 1 is 0.853 bits per heavy atom. The van der Waals surface area contributed by atoms with E-state index in [0.29, 0.717) is 25.2 Å². The first-order chi connectivity index (χ1) is 16.5. The van der Waals surface area contributed by atoms with Crippen LogP contribution in [-0.2, 0) is 17.7 Å². The highest BCUT2D eigenvalue weighted by Crippen LogP contribution is 2.15. The Balaban J connectivity index is 1.19. The number of carbonyl (C=O) groups excluding carboxylic acids is 2. The Bertz CT molecular complexity index is 932. The second kappa shape index (κ2) is 11.5. The first-order valence-electron chi connectivity index (χ1n) is 12.3. The highest BCUT2D eigenvalue weighted by Gasteiger charge is 2.26. The average molecular weight is 465 g/mol. The third-order valence-corrected chi connectivity index (χ3v) is 6.57. The topological polar surface area (TPSA) is 65.1 Å². The lowest BCUT2D eigenvalue weighted by Crippen LogP contribution is -2.51. The lowest BCUT2D eigenvalue weighted by Gasteiger charge is -2.35. The van der Waals surface area contributed by atoms with Gasteiger partial charge in [0, 0.05) is 57.9 Å². The van der Waals surface area contributed by atoms with E-state index in [9.17, 15) is 9.59 Å². The minimum absolute atomic E-state index is 0.0286. The molecule has 2 saturated heterocycles. The van der Waals surface area contributed by atoms with Gasteiger partial charge < -0.3 is 19.9 Å². The molecule has 7 heteroatoms. The molecule has 2 fully saturated rings. The molecule has 2 atom stereocenters. The van der Waals surface area contributed by atoms with Gasteiger partial charge >= 0.3 is 6.03 Å². The van der Waals surface area contributed by atoms with Crippen LogP contribution in [-0.4, -0.2) is 84.7 Å². The average Bonchev–Trinajstić information content (AvgIpc) is 2.86. The molecule has 2 unspecified atom stereocenters. The maximum Gasteiger partial charge on any atom is 0.317 e. The zero-order chi connectivity index (χ0) is 23.9. The first-order valence-corrected chi connectivity index (χ1v) is 12.3. The van der Waals surface area contributed by atoms with Crippen molar-refractivity contribution in [3.8, 4) is 0 Å². The van der Waals surface area contributed by atoms with E-state index in [1.165, 1.54) is 5.56 Å². The van der Waals surface area contributed by atoms with Crippen LogP contribution in [0.15, 0.2) is 54.6 Å². The van der Waals surface area contributed by atoms with Crippen LogP contribution < -0.4 is 5.32 Å². The van der Waals surface area contributed by atoms with E-state index in [4.69, 9.17) is 4.74 Å². The Kier molecular flexibility index (Phi) is 8.19. The van der Waals surface area contributed by atoms with E-state index < -0.39 is 0 Å². The van der Waals surface area contributed by atoms with Crippen LogP contribution in [0.25, 0.3) is 0 Å². The highest BCUT2D eigenvalue weighted by molar-refractivity contribution is 5.94. The van der Waals surface area contributed by atoms with Gasteiger partial charge in [0.25, 0.3) is 5.91 Å². The smallest absolute Gasteiger partial charge is 0.317 e. The van der Waals surface area contributed by atoms with Crippen molar-refractivity contribution < 1.29 is 14.3 Å². The van der Waals surface area contributed by atoms with Gasteiger partial charge in [-0.05, 0) is 43.5 Å². The Morgan fingerprint density at radius 3 is 2.15 bits per heavy atom. The molecule has 4 rings (SSSR count). The number of nitrogens with one attached hydrogen (secondary N) is 1.